The Kier molecular flexibility index (Phi) is 8.87. The lowest BCUT2D eigenvalue weighted by atomic mass is 10.1. The van der Waals surface area contributed by atoms with E-state index in [0.29, 0.717) is 19.5 Å². The number of halogens is 4. The van der Waals surface area contributed by atoms with Crippen molar-refractivity contribution in [1.82, 2.24) is 10.2 Å². The average molecular weight is 394 g/mol. The molecule has 0 heterocycles. The topological polar surface area (TPSA) is 61.4 Å². The molecule has 26 heavy (non-hydrogen) atoms. The quantitative estimate of drug-likeness (QED) is 0.674. The molecule has 9 heteroatoms. The number of anilines is 1. The molecule has 1 rings (SSSR count). The van der Waals surface area contributed by atoms with E-state index in [2.05, 4.69) is 10.6 Å². The van der Waals surface area contributed by atoms with Crippen molar-refractivity contribution in [1.29, 1.82) is 0 Å². The number of hydrogen-bond donors (Lipinski definition) is 2. The molecule has 1 aromatic rings. The van der Waals surface area contributed by atoms with Gasteiger partial charge in [-0.2, -0.15) is 13.2 Å². The first-order valence-electron chi connectivity index (χ1n) is 8.33. The van der Waals surface area contributed by atoms with Gasteiger partial charge >= 0.3 is 6.18 Å². The highest BCUT2D eigenvalue weighted by molar-refractivity contribution is 6.30. The maximum atomic E-state index is 13.1. The molecule has 0 aliphatic rings. The number of hydrogen-bond acceptors (Lipinski definition) is 3. The highest BCUT2D eigenvalue weighted by atomic mass is 35.5. The maximum Gasteiger partial charge on any atom is 0.418 e. The van der Waals surface area contributed by atoms with Crippen molar-refractivity contribution in [2.45, 2.75) is 32.9 Å². The summed E-state index contributed by atoms with van der Waals surface area (Å²) in [6, 6.07) is 3.15. The molecular formula is C17H23ClF3N3O2. The lowest BCUT2D eigenvalue weighted by Crippen LogP contribution is -2.41. The predicted molar refractivity (Wildman–Crippen MR) is 95.1 cm³/mol. The summed E-state index contributed by atoms with van der Waals surface area (Å²) in [7, 11) is 0. The molecule has 1 aromatic carbocycles. The van der Waals surface area contributed by atoms with Crippen LogP contribution in [0.5, 0.6) is 0 Å². The fourth-order valence-electron chi connectivity index (χ4n) is 2.31. The van der Waals surface area contributed by atoms with E-state index in [1.165, 1.54) is 6.07 Å². The van der Waals surface area contributed by atoms with Gasteiger partial charge in [0.1, 0.15) is 0 Å². The predicted octanol–water partition coefficient (Wildman–Crippen LogP) is 3.54. The van der Waals surface area contributed by atoms with Crippen molar-refractivity contribution in [3.63, 3.8) is 0 Å². The largest absolute Gasteiger partial charge is 0.418 e. The monoisotopic (exact) mass is 393 g/mol. The molecule has 0 spiro atoms. The van der Waals surface area contributed by atoms with Crippen molar-refractivity contribution >= 4 is 29.1 Å². The van der Waals surface area contributed by atoms with Gasteiger partial charge in [0.15, 0.2) is 0 Å². The summed E-state index contributed by atoms with van der Waals surface area (Å²) in [5, 5.41) is 4.89. The first-order valence-corrected chi connectivity index (χ1v) is 8.70. The minimum Gasteiger partial charge on any atom is -0.355 e. The second-order valence-corrected chi connectivity index (χ2v) is 6.23. The molecule has 2 amide bonds. The molecule has 0 fully saturated rings. The van der Waals surface area contributed by atoms with Gasteiger partial charge in [0, 0.05) is 11.6 Å². The fraction of sp³-hybridized carbons (Fsp3) is 0.529. The van der Waals surface area contributed by atoms with Crippen molar-refractivity contribution < 1.29 is 22.8 Å². The van der Waals surface area contributed by atoms with Gasteiger partial charge in [-0.1, -0.05) is 25.4 Å². The van der Waals surface area contributed by atoms with Crippen LogP contribution >= 0.6 is 11.6 Å². The van der Waals surface area contributed by atoms with Crippen molar-refractivity contribution in [3.05, 3.63) is 28.8 Å². The number of carbonyl (C=O) groups is 2. The zero-order valence-electron chi connectivity index (χ0n) is 14.8. The van der Waals surface area contributed by atoms with Crippen LogP contribution in [0.1, 0.15) is 32.3 Å². The highest BCUT2D eigenvalue weighted by Crippen LogP contribution is 2.36. The van der Waals surface area contributed by atoms with E-state index in [1.54, 1.807) is 4.90 Å². The molecular weight excluding hydrogens is 371 g/mol. The van der Waals surface area contributed by atoms with Gasteiger partial charge < -0.3 is 10.6 Å². The second kappa shape index (κ2) is 10.4. The van der Waals surface area contributed by atoms with Gasteiger partial charge in [0.2, 0.25) is 11.8 Å². The highest BCUT2D eigenvalue weighted by Gasteiger charge is 2.34. The van der Waals surface area contributed by atoms with E-state index in [1.807, 2.05) is 13.8 Å². The minimum atomic E-state index is -4.64. The Labute approximate surface area is 155 Å². The number of nitrogens with one attached hydrogen (secondary N) is 2. The third kappa shape index (κ3) is 7.61. The third-order valence-electron chi connectivity index (χ3n) is 3.41. The van der Waals surface area contributed by atoms with Crippen LogP contribution in [0.3, 0.4) is 0 Å². The van der Waals surface area contributed by atoms with E-state index in [-0.39, 0.29) is 29.7 Å². The Morgan fingerprint density at radius 1 is 1.12 bits per heavy atom. The number of rotatable bonds is 9. The van der Waals surface area contributed by atoms with Crippen molar-refractivity contribution in [2.75, 3.05) is 31.5 Å². The summed E-state index contributed by atoms with van der Waals surface area (Å²) in [5.41, 5.74) is -1.38. The first-order chi connectivity index (χ1) is 12.2. The Balaban J connectivity index is 2.78. The van der Waals surface area contributed by atoms with E-state index < -0.39 is 17.6 Å². The number of carbonyl (C=O) groups excluding carboxylic acids is 2. The normalized spacial score (nSPS) is 11.5. The molecule has 0 radical (unpaired) electrons. The van der Waals surface area contributed by atoms with Gasteiger partial charge in [0.25, 0.3) is 0 Å². The number of nitrogens with zero attached hydrogens (tertiary/aromatic N) is 1. The van der Waals surface area contributed by atoms with Crippen LogP contribution in [0.15, 0.2) is 18.2 Å². The molecule has 0 saturated carbocycles. The van der Waals surface area contributed by atoms with Gasteiger partial charge in [-0.25, -0.2) is 0 Å². The Morgan fingerprint density at radius 3 is 2.35 bits per heavy atom. The summed E-state index contributed by atoms with van der Waals surface area (Å²) < 4.78 is 39.2. The van der Waals surface area contributed by atoms with E-state index in [9.17, 15) is 22.8 Å². The standard InChI is InChI=1S/C17H23ClF3N3O2/c1-3-7-22-15(25)10-24(8-4-2)11-16(26)23-14-6-5-12(18)9-13(14)17(19,20)21/h5-6,9H,3-4,7-8,10-11H2,1-2H3,(H,22,25)(H,23,26). The molecule has 146 valence electrons. The van der Waals surface area contributed by atoms with Crippen LogP contribution in [0.2, 0.25) is 5.02 Å². The second-order valence-electron chi connectivity index (χ2n) is 5.80. The Bertz CT molecular complexity index is 624. The number of benzene rings is 1. The van der Waals surface area contributed by atoms with Crippen LogP contribution in [0.4, 0.5) is 18.9 Å². The van der Waals surface area contributed by atoms with Crippen molar-refractivity contribution in [3.8, 4) is 0 Å². The van der Waals surface area contributed by atoms with Gasteiger partial charge in [-0.3, -0.25) is 14.5 Å². The van der Waals surface area contributed by atoms with Crippen molar-refractivity contribution in [2.24, 2.45) is 0 Å². The van der Waals surface area contributed by atoms with Gasteiger partial charge in [0.05, 0.1) is 24.3 Å². The smallest absolute Gasteiger partial charge is 0.355 e. The zero-order chi connectivity index (χ0) is 19.7. The molecule has 0 saturated heterocycles. The lowest BCUT2D eigenvalue weighted by molar-refractivity contribution is -0.137. The fourth-order valence-corrected chi connectivity index (χ4v) is 2.48. The summed E-state index contributed by atoms with van der Waals surface area (Å²) >= 11 is 5.62. The van der Waals surface area contributed by atoms with Crippen LogP contribution in [-0.4, -0.2) is 42.9 Å². The maximum absolute atomic E-state index is 13.1. The van der Waals surface area contributed by atoms with Crippen LogP contribution in [-0.2, 0) is 15.8 Å². The molecule has 2 N–H and O–H groups in total. The Hall–Kier alpha value is -1.80. The molecule has 0 atom stereocenters. The lowest BCUT2D eigenvalue weighted by Gasteiger charge is -2.21. The van der Waals surface area contributed by atoms with Gasteiger partial charge in [-0.05, 0) is 37.6 Å². The zero-order valence-corrected chi connectivity index (χ0v) is 15.5. The van der Waals surface area contributed by atoms with E-state index in [4.69, 9.17) is 11.6 Å². The molecule has 5 nitrogen and oxygen atoms in total. The molecule has 0 aliphatic carbocycles. The van der Waals surface area contributed by atoms with Gasteiger partial charge in [-0.15, -0.1) is 0 Å². The summed E-state index contributed by atoms with van der Waals surface area (Å²) in [4.78, 5) is 25.6. The average Bonchev–Trinajstić information content (AvgIpc) is 2.53. The number of alkyl halides is 3. The summed E-state index contributed by atoms with van der Waals surface area (Å²) in [5.74, 6) is -0.856. The Morgan fingerprint density at radius 2 is 1.77 bits per heavy atom. The molecule has 0 aromatic heterocycles. The SMILES string of the molecule is CCCNC(=O)CN(CCC)CC(=O)Nc1ccc(Cl)cc1C(F)(F)F. The molecule has 0 bridgehead atoms. The third-order valence-corrected chi connectivity index (χ3v) is 3.64. The first kappa shape index (κ1) is 22.2. The summed E-state index contributed by atoms with van der Waals surface area (Å²) in [6.07, 6.45) is -3.16. The van der Waals surface area contributed by atoms with Crippen LogP contribution in [0, 0.1) is 0 Å². The summed E-state index contributed by atoms with van der Waals surface area (Å²) in [6.45, 7) is 4.63. The minimum absolute atomic E-state index is 0.00794. The molecule has 0 aliphatic heterocycles. The van der Waals surface area contributed by atoms with E-state index >= 15 is 0 Å². The number of amides is 2. The molecule has 0 unspecified atom stereocenters. The van der Waals surface area contributed by atoms with Crippen LogP contribution in [0.25, 0.3) is 0 Å². The van der Waals surface area contributed by atoms with E-state index in [0.717, 1.165) is 18.6 Å². The van der Waals surface area contributed by atoms with Crippen LogP contribution < -0.4 is 10.6 Å².